The van der Waals surface area contributed by atoms with Gasteiger partial charge in [0.1, 0.15) is 17.9 Å². The van der Waals surface area contributed by atoms with Crippen LogP contribution in [0.5, 0.6) is 23.1 Å². The normalized spacial score (nSPS) is 14.8. The summed E-state index contributed by atoms with van der Waals surface area (Å²) in [6.45, 7) is 7.35. The highest BCUT2D eigenvalue weighted by molar-refractivity contribution is 6.31. The molecule has 11 heteroatoms. The van der Waals surface area contributed by atoms with E-state index in [1.807, 2.05) is 13.0 Å². The van der Waals surface area contributed by atoms with Gasteiger partial charge >= 0.3 is 0 Å². The molecule has 0 amide bonds. The Kier molecular flexibility index (Phi) is 7.98. The minimum Gasteiger partial charge on any atom is -0.490 e. The molecular formula is C26H27ClFN5O4. The van der Waals surface area contributed by atoms with Gasteiger partial charge in [0.05, 0.1) is 31.5 Å². The van der Waals surface area contributed by atoms with E-state index in [-0.39, 0.29) is 10.9 Å². The van der Waals surface area contributed by atoms with Crippen LogP contribution in [-0.4, -0.2) is 67.1 Å². The summed E-state index contributed by atoms with van der Waals surface area (Å²) in [6.07, 6.45) is 3.92. The van der Waals surface area contributed by atoms with Crippen LogP contribution in [0, 0.1) is 5.82 Å². The molecule has 9 nitrogen and oxygen atoms in total. The highest BCUT2D eigenvalue weighted by Gasteiger charge is 2.21. The summed E-state index contributed by atoms with van der Waals surface area (Å²) < 4.78 is 37.0. The summed E-state index contributed by atoms with van der Waals surface area (Å²) in [5, 5.41) is 3.10. The first-order valence-corrected chi connectivity index (χ1v) is 12.5. The highest BCUT2D eigenvalue weighted by atomic mass is 35.5. The molecule has 0 radical (unpaired) electrons. The summed E-state index contributed by atoms with van der Waals surface area (Å²) >= 11 is 5.92. The van der Waals surface area contributed by atoms with E-state index in [0.29, 0.717) is 53.2 Å². The lowest BCUT2D eigenvalue weighted by Gasteiger charge is -2.26. The van der Waals surface area contributed by atoms with E-state index in [0.717, 1.165) is 39.3 Å². The number of rotatable bonds is 9. The van der Waals surface area contributed by atoms with Crippen LogP contribution in [0.25, 0.3) is 0 Å². The van der Waals surface area contributed by atoms with E-state index in [9.17, 15) is 4.39 Å². The molecule has 3 heterocycles. The topological polar surface area (TPSA) is 90.3 Å². The fraction of sp³-hybridized carbons (Fsp3) is 0.346. The minimum atomic E-state index is -0.505. The summed E-state index contributed by atoms with van der Waals surface area (Å²) in [5.41, 5.74) is 1.65. The first-order valence-electron chi connectivity index (χ1n) is 12.1. The van der Waals surface area contributed by atoms with Gasteiger partial charge in [-0.25, -0.2) is 14.4 Å². The number of halogens is 2. The Bertz CT molecular complexity index is 1290. The number of nitrogens with zero attached hydrogens (tertiary/aromatic N) is 4. The van der Waals surface area contributed by atoms with Gasteiger partial charge in [0.2, 0.25) is 0 Å². The van der Waals surface area contributed by atoms with E-state index in [1.165, 1.54) is 18.5 Å². The maximum atomic E-state index is 13.6. The molecule has 2 aliphatic rings. The molecule has 2 aliphatic heterocycles. The van der Waals surface area contributed by atoms with Gasteiger partial charge in [0.15, 0.2) is 23.0 Å². The van der Waals surface area contributed by atoms with Crippen molar-refractivity contribution >= 4 is 35.0 Å². The molecule has 37 heavy (non-hydrogen) atoms. The second-order valence-corrected chi connectivity index (χ2v) is 8.82. The van der Waals surface area contributed by atoms with E-state index < -0.39 is 5.82 Å². The zero-order valence-corrected chi connectivity index (χ0v) is 21.1. The predicted molar refractivity (Wildman–Crippen MR) is 139 cm³/mol. The van der Waals surface area contributed by atoms with Crippen molar-refractivity contribution < 1.29 is 23.3 Å². The lowest BCUT2D eigenvalue weighted by molar-refractivity contribution is 0.0357. The molecule has 3 aromatic rings. The Balaban J connectivity index is 1.34. The molecule has 0 aliphatic carbocycles. The van der Waals surface area contributed by atoms with Crippen molar-refractivity contribution in [1.82, 2.24) is 14.9 Å². The third-order valence-corrected chi connectivity index (χ3v) is 6.16. The van der Waals surface area contributed by atoms with Crippen molar-refractivity contribution in [3.05, 3.63) is 53.1 Å². The fourth-order valence-electron chi connectivity index (χ4n) is 4.02. The second-order valence-electron chi connectivity index (χ2n) is 8.42. The Morgan fingerprint density at radius 2 is 1.95 bits per heavy atom. The Labute approximate surface area is 219 Å². The van der Waals surface area contributed by atoms with Gasteiger partial charge < -0.3 is 24.3 Å². The highest BCUT2D eigenvalue weighted by Crippen LogP contribution is 2.43. The molecule has 2 aromatic carbocycles. The van der Waals surface area contributed by atoms with Crippen LogP contribution in [0.2, 0.25) is 5.02 Å². The van der Waals surface area contributed by atoms with E-state index in [2.05, 4.69) is 25.2 Å². The van der Waals surface area contributed by atoms with Crippen molar-refractivity contribution in [2.24, 2.45) is 4.99 Å². The van der Waals surface area contributed by atoms with Gasteiger partial charge in [0.25, 0.3) is 5.88 Å². The molecule has 0 atom stereocenters. The number of aromatic nitrogens is 2. The van der Waals surface area contributed by atoms with Crippen LogP contribution in [0.4, 0.5) is 21.6 Å². The smallest absolute Gasteiger partial charge is 0.250 e. The molecule has 0 saturated carbocycles. The first-order chi connectivity index (χ1) is 18.1. The lowest BCUT2D eigenvalue weighted by Crippen LogP contribution is -2.37. The van der Waals surface area contributed by atoms with Crippen molar-refractivity contribution in [2.45, 2.75) is 13.3 Å². The zero-order chi connectivity index (χ0) is 25.6. The van der Waals surface area contributed by atoms with Gasteiger partial charge in [-0.05, 0) is 37.6 Å². The number of fused-ring (bicyclic) bond motifs is 2. The van der Waals surface area contributed by atoms with Crippen LogP contribution in [-0.2, 0) is 4.74 Å². The minimum absolute atomic E-state index is 0.00164. The standard InChI is InChI=1S/C26H27ClFN5O4/c1-2-35-23-14-21-17(12-22(23)36-9-3-6-33-7-10-34-11-8-33)15-29-24-25(30-16-31-26(24)37-21)32-18-4-5-20(28)19(27)13-18/h4-5,12-16H,2-3,6-11H2,1H3,(H,30,31,32). The van der Waals surface area contributed by atoms with Gasteiger partial charge in [-0.2, -0.15) is 4.98 Å². The summed E-state index contributed by atoms with van der Waals surface area (Å²) in [5.74, 6) is 1.88. The van der Waals surface area contributed by atoms with Gasteiger partial charge in [-0.1, -0.05) is 11.6 Å². The molecule has 194 valence electrons. The van der Waals surface area contributed by atoms with Crippen LogP contribution >= 0.6 is 11.6 Å². The van der Waals surface area contributed by atoms with Crippen LogP contribution in [0.15, 0.2) is 41.7 Å². The van der Waals surface area contributed by atoms with Gasteiger partial charge in [-0.3, -0.25) is 4.90 Å². The first kappa shape index (κ1) is 25.2. The molecule has 1 N–H and O–H groups in total. The average molecular weight is 528 g/mol. The zero-order valence-electron chi connectivity index (χ0n) is 20.4. The third-order valence-electron chi connectivity index (χ3n) is 5.87. The van der Waals surface area contributed by atoms with Crippen molar-refractivity contribution in [3.8, 4) is 23.1 Å². The van der Waals surface area contributed by atoms with Crippen molar-refractivity contribution in [1.29, 1.82) is 0 Å². The maximum absolute atomic E-state index is 13.6. The monoisotopic (exact) mass is 527 g/mol. The maximum Gasteiger partial charge on any atom is 0.250 e. The van der Waals surface area contributed by atoms with E-state index in [4.69, 9.17) is 30.5 Å². The van der Waals surface area contributed by atoms with E-state index in [1.54, 1.807) is 18.3 Å². The Hall–Kier alpha value is -3.47. The number of hydrogen-bond acceptors (Lipinski definition) is 9. The fourth-order valence-corrected chi connectivity index (χ4v) is 4.20. The quantitative estimate of drug-likeness (QED) is 0.291. The predicted octanol–water partition coefficient (Wildman–Crippen LogP) is 5.37. The molecule has 5 rings (SSSR count). The number of ether oxygens (including phenoxy) is 4. The number of benzene rings is 2. The lowest BCUT2D eigenvalue weighted by atomic mass is 10.2. The number of morpholine rings is 1. The average Bonchev–Trinajstić information content (AvgIpc) is 3.09. The molecular weight excluding hydrogens is 501 g/mol. The molecule has 1 fully saturated rings. The van der Waals surface area contributed by atoms with Crippen LogP contribution in [0.1, 0.15) is 18.9 Å². The van der Waals surface area contributed by atoms with Gasteiger partial charge in [-0.15, -0.1) is 0 Å². The molecule has 0 unspecified atom stereocenters. The summed E-state index contributed by atoms with van der Waals surface area (Å²) in [4.78, 5) is 15.5. The van der Waals surface area contributed by atoms with E-state index >= 15 is 0 Å². The number of aliphatic imine (C=N–C) groups is 1. The largest absolute Gasteiger partial charge is 0.490 e. The SMILES string of the molecule is CCOc1cc2c(cc1OCCCN1CCOCC1)C=Nc1c(Nc3ccc(F)c(Cl)c3)ncnc1O2. The van der Waals surface area contributed by atoms with Crippen molar-refractivity contribution in [3.63, 3.8) is 0 Å². The number of hydrogen-bond donors (Lipinski definition) is 1. The summed E-state index contributed by atoms with van der Waals surface area (Å²) in [6, 6.07) is 7.94. The Morgan fingerprint density at radius 1 is 1.11 bits per heavy atom. The Morgan fingerprint density at radius 3 is 2.76 bits per heavy atom. The molecule has 1 aromatic heterocycles. The second kappa shape index (κ2) is 11.7. The van der Waals surface area contributed by atoms with Crippen LogP contribution < -0.4 is 19.5 Å². The van der Waals surface area contributed by atoms with Crippen molar-refractivity contribution in [2.75, 3.05) is 51.4 Å². The third kappa shape index (κ3) is 6.10. The number of anilines is 2. The number of nitrogens with one attached hydrogen (secondary N) is 1. The summed E-state index contributed by atoms with van der Waals surface area (Å²) in [7, 11) is 0. The van der Waals surface area contributed by atoms with Gasteiger partial charge in [0, 0.05) is 43.2 Å². The molecule has 1 saturated heterocycles. The molecule has 0 spiro atoms. The van der Waals surface area contributed by atoms with Crippen LogP contribution in [0.3, 0.4) is 0 Å². The molecule has 0 bridgehead atoms.